The van der Waals surface area contributed by atoms with Gasteiger partial charge in [0, 0.05) is 21.7 Å². The summed E-state index contributed by atoms with van der Waals surface area (Å²) in [5.74, 6) is -2.08. The molecule has 0 radical (unpaired) electrons. The Morgan fingerprint density at radius 2 is 1.38 bits per heavy atom. The highest BCUT2D eigenvalue weighted by Crippen LogP contribution is 2.36. The Hall–Kier alpha value is -6.33. The van der Waals surface area contributed by atoms with Crippen molar-refractivity contribution in [2.75, 3.05) is 10.3 Å². The SMILES string of the molecule is O=C(Nc1ccc(SC(C(=O)NC2=NN(c3ccccc3)C(=O)C2)c2ccccc2)cc1)/C(=C/c1ccccc1F)NC(=O)c1ccccc1. The van der Waals surface area contributed by atoms with Crippen molar-refractivity contribution >= 4 is 58.7 Å². The van der Waals surface area contributed by atoms with Crippen LogP contribution in [0, 0.1) is 5.82 Å². The molecular formula is C39H30FN5O4S. The van der Waals surface area contributed by atoms with Crippen molar-refractivity contribution in [1.29, 1.82) is 0 Å². The average molecular weight is 684 g/mol. The number of rotatable bonds is 10. The van der Waals surface area contributed by atoms with Gasteiger partial charge in [0.2, 0.25) is 5.91 Å². The minimum absolute atomic E-state index is 0.0413. The Kier molecular flexibility index (Phi) is 10.5. The molecule has 6 rings (SSSR count). The van der Waals surface area contributed by atoms with E-state index in [9.17, 15) is 23.6 Å². The summed E-state index contributed by atoms with van der Waals surface area (Å²) in [6, 6.07) is 39.3. The van der Waals surface area contributed by atoms with Crippen LogP contribution in [0.25, 0.3) is 6.08 Å². The van der Waals surface area contributed by atoms with Crippen molar-refractivity contribution in [3.05, 3.63) is 168 Å². The van der Waals surface area contributed by atoms with Crippen LogP contribution in [0.15, 0.2) is 155 Å². The summed E-state index contributed by atoms with van der Waals surface area (Å²) >= 11 is 1.29. The highest BCUT2D eigenvalue weighted by Gasteiger charge is 2.29. The van der Waals surface area contributed by atoms with Crippen LogP contribution in [0.4, 0.5) is 15.8 Å². The van der Waals surface area contributed by atoms with Crippen molar-refractivity contribution in [2.24, 2.45) is 5.10 Å². The van der Waals surface area contributed by atoms with Crippen LogP contribution in [0.3, 0.4) is 0 Å². The van der Waals surface area contributed by atoms with Crippen LogP contribution in [0.1, 0.15) is 33.2 Å². The summed E-state index contributed by atoms with van der Waals surface area (Å²) in [6.45, 7) is 0. The van der Waals surface area contributed by atoms with E-state index >= 15 is 0 Å². The third kappa shape index (κ3) is 8.38. The monoisotopic (exact) mass is 683 g/mol. The van der Waals surface area contributed by atoms with E-state index in [0.29, 0.717) is 16.9 Å². The predicted molar refractivity (Wildman–Crippen MR) is 193 cm³/mol. The topological polar surface area (TPSA) is 120 Å². The van der Waals surface area contributed by atoms with Crippen molar-refractivity contribution in [2.45, 2.75) is 16.6 Å². The molecule has 50 heavy (non-hydrogen) atoms. The highest BCUT2D eigenvalue weighted by molar-refractivity contribution is 8.00. The predicted octanol–water partition coefficient (Wildman–Crippen LogP) is 6.94. The Labute approximate surface area is 291 Å². The Morgan fingerprint density at radius 3 is 2.06 bits per heavy atom. The van der Waals surface area contributed by atoms with Crippen LogP contribution in [0.5, 0.6) is 0 Å². The first-order valence-corrected chi connectivity index (χ1v) is 16.4. The molecule has 0 spiro atoms. The fourth-order valence-electron chi connectivity index (χ4n) is 5.02. The Morgan fingerprint density at radius 1 is 0.760 bits per heavy atom. The van der Waals surface area contributed by atoms with Crippen LogP contribution in [-0.4, -0.2) is 29.5 Å². The van der Waals surface area contributed by atoms with Crippen LogP contribution in [-0.2, 0) is 14.4 Å². The summed E-state index contributed by atoms with van der Waals surface area (Å²) in [7, 11) is 0. The van der Waals surface area contributed by atoms with Gasteiger partial charge in [-0.1, -0.05) is 84.9 Å². The zero-order valence-electron chi connectivity index (χ0n) is 26.5. The fourth-order valence-corrected chi connectivity index (χ4v) is 6.04. The molecule has 1 heterocycles. The van der Waals surface area contributed by atoms with Gasteiger partial charge >= 0.3 is 0 Å². The smallest absolute Gasteiger partial charge is 0.272 e. The van der Waals surface area contributed by atoms with Gasteiger partial charge in [0.25, 0.3) is 17.7 Å². The number of nitrogens with one attached hydrogen (secondary N) is 3. The number of halogens is 1. The van der Waals surface area contributed by atoms with Gasteiger partial charge in [-0.2, -0.15) is 10.1 Å². The second-order valence-corrected chi connectivity index (χ2v) is 12.2. The molecule has 0 saturated carbocycles. The first-order valence-electron chi connectivity index (χ1n) is 15.6. The van der Waals surface area contributed by atoms with Crippen molar-refractivity contribution < 1.29 is 23.6 Å². The van der Waals surface area contributed by atoms with Gasteiger partial charge in [0.15, 0.2) is 0 Å². The first-order chi connectivity index (χ1) is 24.3. The van der Waals surface area contributed by atoms with Gasteiger partial charge in [-0.05, 0) is 66.2 Å². The summed E-state index contributed by atoms with van der Waals surface area (Å²) in [5.41, 5.74) is 2.07. The second kappa shape index (κ2) is 15.7. The van der Waals surface area contributed by atoms with Crippen molar-refractivity contribution in [1.82, 2.24) is 10.6 Å². The molecule has 0 bridgehead atoms. The molecule has 0 saturated heterocycles. The molecule has 1 aliphatic heterocycles. The van der Waals surface area contributed by atoms with E-state index < -0.39 is 22.9 Å². The van der Waals surface area contributed by atoms with Gasteiger partial charge in [-0.3, -0.25) is 19.2 Å². The maximum atomic E-state index is 14.5. The van der Waals surface area contributed by atoms with Gasteiger partial charge in [-0.15, -0.1) is 11.8 Å². The molecule has 11 heteroatoms. The zero-order valence-corrected chi connectivity index (χ0v) is 27.3. The second-order valence-electron chi connectivity index (χ2n) is 11.0. The van der Waals surface area contributed by atoms with Gasteiger partial charge in [0.05, 0.1) is 12.1 Å². The van der Waals surface area contributed by atoms with Gasteiger partial charge < -0.3 is 16.0 Å². The van der Waals surface area contributed by atoms with E-state index in [-0.39, 0.29) is 35.3 Å². The minimum atomic E-state index is -0.691. The number of nitrogens with zero attached hydrogens (tertiary/aromatic N) is 2. The maximum Gasteiger partial charge on any atom is 0.272 e. The summed E-state index contributed by atoms with van der Waals surface area (Å²) in [4.78, 5) is 53.4. The molecule has 0 aliphatic carbocycles. The standard InChI is InChI=1S/C39H30FN5O4S/c40-32-19-11-10-16-28(32)24-33(42-37(47)27-14-6-2-7-15-27)38(48)41-29-20-22-31(23-21-29)50-36(26-12-4-1-5-13-26)39(49)43-34-25-35(46)45(44-34)30-17-8-3-9-18-30/h1-24,36H,25H2,(H,41,48)(H,42,47)(H,43,44,49)/b33-24-. The number of benzene rings is 5. The largest absolute Gasteiger partial charge is 0.321 e. The Balaban J connectivity index is 1.17. The average Bonchev–Trinajstić information content (AvgIpc) is 3.52. The normalized spacial score (nSPS) is 13.3. The first kappa shape index (κ1) is 33.6. The number of carbonyl (C=O) groups is 4. The summed E-state index contributed by atoms with van der Waals surface area (Å²) < 4.78 is 14.5. The van der Waals surface area contributed by atoms with E-state index in [2.05, 4.69) is 21.1 Å². The lowest BCUT2D eigenvalue weighted by Crippen LogP contribution is -2.33. The van der Waals surface area contributed by atoms with E-state index in [1.54, 1.807) is 84.9 Å². The molecule has 1 unspecified atom stereocenters. The third-order valence-electron chi connectivity index (χ3n) is 7.48. The molecule has 5 aromatic rings. The lowest BCUT2D eigenvalue weighted by atomic mass is 10.1. The number of carbonyl (C=O) groups excluding carboxylic acids is 4. The number of hydrogen-bond donors (Lipinski definition) is 3. The minimum Gasteiger partial charge on any atom is -0.321 e. The third-order valence-corrected chi connectivity index (χ3v) is 8.75. The molecule has 0 aromatic heterocycles. The van der Waals surface area contributed by atoms with Crippen molar-refractivity contribution in [3.8, 4) is 0 Å². The molecule has 1 aliphatic rings. The fraction of sp³-hybridized carbons (Fsp3) is 0.0513. The molecule has 5 aromatic carbocycles. The van der Waals surface area contributed by atoms with E-state index in [1.807, 2.05) is 36.4 Å². The quantitative estimate of drug-likeness (QED) is 0.109. The molecule has 0 fully saturated rings. The van der Waals surface area contributed by atoms with Gasteiger partial charge in [0.1, 0.15) is 22.6 Å². The molecule has 3 N–H and O–H groups in total. The van der Waals surface area contributed by atoms with E-state index in [0.717, 1.165) is 10.5 Å². The van der Waals surface area contributed by atoms with Crippen LogP contribution >= 0.6 is 11.8 Å². The molecule has 9 nitrogen and oxygen atoms in total. The van der Waals surface area contributed by atoms with E-state index in [4.69, 9.17) is 0 Å². The lowest BCUT2D eigenvalue weighted by Gasteiger charge is -2.17. The number of anilines is 2. The Bertz CT molecular complexity index is 2070. The highest BCUT2D eigenvalue weighted by atomic mass is 32.2. The summed E-state index contributed by atoms with van der Waals surface area (Å²) in [6.07, 6.45) is 1.24. The summed E-state index contributed by atoms with van der Waals surface area (Å²) in [5, 5.41) is 13.1. The number of amides is 4. The van der Waals surface area contributed by atoms with Crippen molar-refractivity contribution in [3.63, 3.8) is 0 Å². The number of hydrazone groups is 1. The van der Waals surface area contributed by atoms with E-state index in [1.165, 1.54) is 41.0 Å². The molecule has 4 amide bonds. The van der Waals surface area contributed by atoms with Crippen LogP contribution < -0.4 is 21.0 Å². The number of thioether (sulfide) groups is 1. The number of hydrogen-bond acceptors (Lipinski definition) is 6. The zero-order chi connectivity index (χ0) is 34.9. The number of para-hydroxylation sites is 1. The molecular weight excluding hydrogens is 654 g/mol. The van der Waals surface area contributed by atoms with Crippen LogP contribution in [0.2, 0.25) is 0 Å². The number of amidine groups is 1. The molecule has 1 atom stereocenters. The van der Waals surface area contributed by atoms with Gasteiger partial charge in [-0.25, -0.2) is 4.39 Å². The lowest BCUT2D eigenvalue weighted by molar-refractivity contribution is -0.119. The maximum absolute atomic E-state index is 14.5. The molecule has 248 valence electrons.